The van der Waals surface area contributed by atoms with Crippen molar-refractivity contribution in [2.24, 2.45) is 0 Å². The zero-order valence-electron chi connectivity index (χ0n) is 13.1. The first-order chi connectivity index (χ1) is 11.7. The summed E-state index contributed by atoms with van der Waals surface area (Å²) >= 11 is 5.97. The number of carbonyl (C=O) groups excluding carboxylic acids is 1. The van der Waals surface area contributed by atoms with Crippen molar-refractivity contribution in [3.8, 4) is 5.69 Å². The van der Waals surface area contributed by atoms with Crippen molar-refractivity contribution in [2.45, 2.75) is 25.4 Å². The zero-order chi connectivity index (χ0) is 16.5. The Kier molecular flexibility index (Phi) is 4.26. The minimum absolute atomic E-state index is 0.195. The molecular formula is C17H18ClN3O3. The molecule has 0 bridgehead atoms. The topological polar surface area (TPSA) is 65.4 Å². The number of nitrogens with one attached hydrogen (secondary N) is 1. The second kappa shape index (κ2) is 6.55. The number of aromatic nitrogens is 2. The van der Waals surface area contributed by atoms with E-state index in [1.807, 2.05) is 24.3 Å². The van der Waals surface area contributed by atoms with Crippen LogP contribution in [0.25, 0.3) is 5.69 Å². The van der Waals surface area contributed by atoms with Crippen molar-refractivity contribution >= 4 is 23.3 Å². The Hall–Kier alpha value is -1.89. The predicted molar refractivity (Wildman–Crippen MR) is 89.8 cm³/mol. The zero-order valence-corrected chi connectivity index (χ0v) is 13.9. The van der Waals surface area contributed by atoms with Crippen molar-refractivity contribution in [1.82, 2.24) is 9.78 Å². The predicted octanol–water partition coefficient (Wildman–Crippen LogP) is 2.37. The van der Waals surface area contributed by atoms with E-state index in [4.69, 9.17) is 21.1 Å². The Labute approximate surface area is 144 Å². The van der Waals surface area contributed by atoms with E-state index in [0.29, 0.717) is 18.2 Å². The number of benzene rings is 1. The summed E-state index contributed by atoms with van der Waals surface area (Å²) < 4.78 is 12.6. The van der Waals surface area contributed by atoms with Crippen molar-refractivity contribution in [3.63, 3.8) is 0 Å². The highest BCUT2D eigenvalue weighted by molar-refractivity contribution is 6.30. The van der Waals surface area contributed by atoms with Crippen molar-refractivity contribution in [1.29, 1.82) is 0 Å². The SMILES string of the molecule is O=C(Nc1c2c(nn1-c1ccc(Cl)cc1)CCC2)[C@H]1COCCO1. The van der Waals surface area contributed by atoms with E-state index in [1.54, 1.807) is 4.68 Å². The van der Waals surface area contributed by atoms with Gasteiger partial charge in [0.05, 0.1) is 31.2 Å². The molecule has 1 amide bonds. The molecule has 1 aliphatic heterocycles. The fourth-order valence-corrected chi connectivity index (χ4v) is 3.25. The Morgan fingerprint density at radius 2 is 2.08 bits per heavy atom. The van der Waals surface area contributed by atoms with Crippen LogP contribution in [-0.2, 0) is 27.1 Å². The molecule has 6 nitrogen and oxygen atoms in total. The highest BCUT2D eigenvalue weighted by Gasteiger charge is 2.28. The largest absolute Gasteiger partial charge is 0.376 e. The number of rotatable bonds is 3. The molecule has 126 valence electrons. The van der Waals surface area contributed by atoms with E-state index in [2.05, 4.69) is 10.4 Å². The molecular weight excluding hydrogens is 330 g/mol. The lowest BCUT2D eigenvalue weighted by Gasteiger charge is -2.22. The van der Waals surface area contributed by atoms with Gasteiger partial charge < -0.3 is 14.8 Å². The van der Waals surface area contributed by atoms with Crippen LogP contribution in [0.5, 0.6) is 0 Å². The standard InChI is InChI=1S/C17H18ClN3O3/c18-11-4-6-12(7-5-11)21-16(13-2-1-3-14(13)20-21)19-17(22)15-10-23-8-9-24-15/h4-7,15H,1-3,8-10H2,(H,19,22)/t15-/m1/s1. The van der Waals surface area contributed by atoms with Crippen LogP contribution in [0.15, 0.2) is 24.3 Å². The molecule has 1 aliphatic carbocycles. The van der Waals surface area contributed by atoms with Gasteiger partial charge in [0, 0.05) is 10.6 Å². The second-order valence-electron chi connectivity index (χ2n) is 5.94. The molecule has 1 saturated heterocycles. The maximum absolute atomic E-state index is 12.5. The molecule has 0 saturated carbocycles. The van der Waals surface area contributed by atoms with E-state index in [9.17, 15) is 4.79 Å². The monoisotopic (exact) mass is 347 g/mol. The van der Waals surface area contributed by atoms with Gasteiger partial charge in [-0.05, 0) is 43.5 Å². The lowest BCUT2D eigenvalue weighted by atomic mass is 10.2. The quantitative estimate of drug-likeness (QED) is 0.925. The van der Waals surface area contributed by atoms with E-state index in [0.717, 1.165) is 42.0 Å². The number of hydrogen-bond donors (Lipinski definition) is 1. The lowest BCUT2D eigenvalue weighted by molar-refractivity contribution is -0.142. The van der Waals surface area contributed by atoms with Crippen LogP contribution in [0.1, 0.15) is 17.7 Å². The maximum Gasteiger partial charge on any atom is 0.257 e. The normalized spacial score (nSPS) is 20.0. The molecule has 0 spiro atoms. The van der Waals surface area contributed by atoms with Gasteiger partial charge in [0.1, 0.15) is 5.82 Å². The van der Waals surface area contributed by atoms with Crippen LogP contribution in [-0.4, -0.2) is 41.6 Å². The van der Waals surface area contributed by atoms with E-state index >= 15 is 0 Å². The number of halogens is 1. The molecule has 24 heavy (non-hydrogen) atoms. The van der Waals surface area contributed by atoms with E-state index in [-0.39, 0.29) is 12.5 Å². The lowest BCUT2D eigenvalue weighted by Crippen LogP contribution is -2.39. The number of amides is 1. The fourth-order valence-electron chi connectivity index (χ4n) is 3.13. The fraction of sp³-hybridized carbons (Fsp3) is 0.412. The molecule has 1 N–H and O–H groups in total. The summed E-state index contributed by atoms with van der Waals surface area (Å²) in [4.78, 5) is 12.5. The number of nitrogens with zero attached hydrogens (tertiary/aromatic N) is 2. The molecule has 1 atom stereocenters. The first-order valence-electron chi connectivity index (χ1n) is 8.09. The molecule has 7 heteroatoms. The van der Waals surface area contributed by atoms with Gasteiger partial charge in [-0.1, -0.05) is 11.6 Å². The van der Waals surface area contributed by atoms with Crippen LogP contribution in [0.4, 0.5) is 5.82 Å². The number of ether oxygens (including phenoxy) is 2. The van der Waals surface area contributed by atoms with Gasteiger partial charge in [-0.25, -0.2) is 4.68 Å². The highest BCUT2D eigenvalue weighted by atomic mass is 35.5. The highest BCUT2D eigenvalue weighted by Crippen LogP contribution is 2.31. The molecule has 0 unspecified atom stereocenters. The number of anilines is 1. The van der Waals surface area contributed by atoms with Crippen molar-refractivity contribution < 1.29 is 14.3 Å². The average Bonchev–Trinajstić information content (AvgIpc) is 3.19. The smallest absolute Gasteiger partial charge is 0.257 e. The Morgan fingerprint density at radius 3 is 2.83 bits per heavy atom. The number of aryl methyl sites for hydroxylation is 1. The van der Waals surface area contributed by atoms with Crippen LogP contribution in [0.2, 0.25) is 5.02 Å². The first-order valence-corrected chi connectivity index (χ1v) is 8.47. The first kappa shape index (κ1) is 15.6. The second-order valence-corrected chi connectivity index (χ2v) is 6.38. The molecule has 0 radical (unpaired) electrons. The van der Waals surface area contributed by atoms with Gasteiger partial charge in [0.2, 0.25) is 0 Å². The molecule has 2 aromatic rings. The Morgan fingerprint density at radius 1 is 1.25 bits per heavy atom. The summed E-state index contributed by atoms with van der Waals surface area (Å²) in [6, 6.07) is 7.40. The molecule has 1 aromatic heterocycles. The van der Waals surface area contributed by atoms with Gasteiger partial charge in [0.15, 0.2) is 6.10 Å². The molecule has 4 rings (SSSR count). The third-order valence-corrected chi connectivity index (χ3v) is 4.58. The summed E-state index contributed by atoms with van der Waals surface area (Å²) in [5, 5.41) is 8.34. The minimum atomic E-state index is -0.579. The summed E-state index contributed by atoms with van der Waals surface area (Å²) in [5.41, 5.74) is 3.01. The number of hydrogen-bond acceptors (Lipinski definition) is 4. The summed E-state index contributed by atoms with van der Waals surface area (Å²) in [6.45, 7) is 1.25. The van der Waals surface area contributed by atoms with Crippen molar-refractivity contribution in [3.05, 3.63) is 40.5 Å². The van der Waals surface area contributed by atoms with Gasteiger partial charge in [0.25, 0.3) is 5.91 Å². The summed E-state index contributed by atoms with van der Waals surface area (Å²) in [7, 11) is 0. The van der Waals surface area contributed by atoms with Crippen LogP contribution in [0.3, 0.4) is 0 Å². The van der Waals surface area contributed by atoms with Gasteiger partial charge >= 0.3 is 0 Å². The summed E-state index contributed by atoms with van der Waals surface area (Å²) in [5.74, 6) is 0.531. The Balaban J connectivity index is 1.65. The van der Waals surface area contributed by atoms with Crippen LogP contribution >= 0.6 is 11.6 Å². The molecule has 2 aliphatic rings. The molecule has 2 heterocycles. The Bertz CT molecular complexity index is 751. The minimum Gasteiger partial charge on any atom is -0.376 e. The van der Waals surface area contributed by atoms with Crippen LogP contribution < -0.4 is 5.32 Å². The molecule has 1 fully saturated rings. The van der Waals surface area contributed by atoms with Gasteiger partial charge in [-0.15, -0.1) is 0 Å². The summed E-state index contributed by atoms with van der Waals surface area (Å²) in [6.07, 6.45) is 2.33. The number of carbonyl (C=O) groups is 1. The maximum atomic E-state index is 12.5. The average molecular weight is 348 g/mol. The third kappa shape index (κ3) is 2.92. The van der Waals surface area contributed by atoms with Crippen molar-refractivity contribution in [2.75, 3.05) is 25.1 Å². The van der Waals surface area contributed by atoms with Gasteiger partial charge in [-0.3, -0.25) is 4.79 Å². The van der Waals surface area contributed by atoms with Crippen LogP contribution in [0, 0.1) is 0 Å². The van der Waals surface area contributed by atoms with Gasteiger partial charge in [-0.2, -0.15) is 5.10 Å². The van der Waals surface area contributed by atoms with E-state index < -0.39 is 6.10 Å². The number of fused-ring (bicyclic) bond motifs is 1. The van der Waals surface area contributed by atoms with E-state index in [1.165, 1.54) is 0 Å². The third-order valence-electron chi connectivity index (χ3n) is 4.33. The molecule has 1 aromatic carbocycles.